The van der Waals surface area contributed by atoms with Crippen molar-refractivity contribution in [1.29, 1.82) is 0 Å². The van der Waals surface area contributed by atoms with Gasteiger partial charge in [-0.2, -0.15) is 0 Å². The van der Waals surface area contributed by atoms with Gasteiger partial charge in [-0.05, 0) is 48.0 Å². The van der Waals surface area contributed by atoms with E-state index in [1.54, 1.807) is 35.4 Å². The summed E-state index contributed by atoms with van der Waals surface area (Å²) < 4.78 is 6.34. The lowest BCUT2D eigenvalue weighted by molar-refractivity contribution is -0.114. The number of carbonyl (C=O) groups excluding carboxylic acids is 1. The molecule has 1 amide bonds. The van der Waals surface area contributed by atoms with Crippen molar-refractivity contribution in [1.82, 2.24) is 4.98 Å². The average molecular weight is 429 g/mol. The third-order valence-corrected chi connectivity index (χ3v) is 5.66. The van der Waals surface area contributed by atoms with E-state index in [0.717, 1.165) is 15.8 Å². The largest absolute Gasteiger partial charge is 0.467 e. The first-order chi connectivity index (χ1) is 13.6. The summed E-state index contributed by atoms with van der Waals surface area (Å²) in [5.41, 5.74) is 1.56. The van der Waals surface area contributed by atoms with Gasteiger partial charge in [0.1, 0.15) is 5.76 Å². The van der Waals surface area contributed by atoms with Crippen LogP contribution in [0, 0.1) is 0 Å². The first-order valence-corrected chi connectivity index (χ1v) is 10.00. The van der Waals surface area contributed by atoms with Crippen molar-refractivity contribution in [2.45, 2.75) is 6.54 Å². The van der Waals surface area contributed by atoms with Crippen LogP contribution in [0.5, 0.6) is 0 Å². The van der Waals surface area contributed by atoms with Gasteiger partial charge in [-0.15, -0.1) is 0 Å². The molecule has 4 aromatic rings. The van der Waals surface area contributed by atoms with Gasteiger partial charge in [-0.3, -0.25) is 9.69 Å². The van der Waals surface area contributed by atoms with Crippen molar-refractivity contribution < 1.29 is 9.21 Å². The number of benzene rings is 2. The normalized spacial score (nSPS) is 11.4. The van der Waals surface area contributed by atoms with Crippen LogP contribution in [0.1, 0.15) is 11.3 Å². The highest BCUT2D eigenvalue weighted by atomic mass is 35.5. The number of carbonyl (C=O) groups is 1. The van der Waals surface area contributed by atoms with Gasteiger partial charge in [0, 0.05) is 16.1 Å². The molecule has 0 aliphatic carbocycles. The second-order valence-electron chi connectivity index (χ2n) is 5.97. The smallest absolute Gasteiger partial charge is 0.253 e. The number of rotatable bonds is 5. The van der Waals surface area contributed by atoms with Crippen LogP contribution in [0.2, 0.25) is 10.0 Å². The number of halogens is 2. The summed E-state index contributed by atoms with van der Waals surface area (Å²) in [7, 11) is 0. The number of hydrogen-bond acceptors (Lipinski definition) is 4. The molecule has 2 aromatic heterocycles. The number of anilines is 1. The molecule has 0 aliphatic rings. The van der Waals surface area contributed by atoms with E-state index in [9.17, 15) is 4.79 Å². The summed E-state index contributed by atoms with van der Waals surface area (Å²) in [6.07, 6.45) is 4.77. The van der Waals surface area contributed by atoms with Crippen LogP contribution in [0.3, 0.4) is 0 Å². The highest BCUT2D eigenvalue weighted by Gasteiger charge is 2.19. The number of furan rings is 1. The molecular weight excluding hydrogens is 415 g/mol. The minimum absolute atomic E-state index is 0.221. The van der Waals surface area contributed by atoms with Crippen LogP contribution < -0.4 is 4.90 Å². The zero-order chi connectivity index (χ0) is 19.5. The molecule has 0 aliphatic heterocycles. The second kappa shape index (κ2) is 8.19. The second-order valence-corrected chi connectivity index (χ2v) is 7.82. The minimum Gasteiger partial charge on any atom is -0.467 e. The number of fused-ring (bicyclic) bond motifs is 1. The van der Waals surface area contributed by atoms with Gasteiger partial charge in [0.05, 0.1) is 23.0 Å². The molecule has 0 fully saturated rings. The van der Waals surface area contributed by atoms with Gasteiger partial charge < -0.3 is 4.42 Å². The van der Waals surface area contributed by atoms with E-state index in [1.165, 1.54) is 17.4 Å². The van der Waals surface area contributed by atoms with Crippen LogP contribution in [0.15, 0.2) is 71.4 Å². The summed E-state index contributed by atoms with van der Waals surface area (Å²) in [6.45, 7) is 0.270. The van der Waals surface area contributed by atoms with Crippen LogP contribution in [0.25, 0.3) is 16.3 Å². The molecule has 0 radical (unpaired) electrons. The zero-order valence-electron chi connectivity index (χ0n) is 14.5. The molecule has 2 heterocycles. The van der Waals surface area contributed by atoms with Gasteiger partial charge in [0.15, 0.2) is 5.13 Å². The minimum atomic E-state index is -0.221. The fourth-order valence-corrected chi connectivity index (χ4v) is 4.11. The van der Waals surface area contributed by atoms with E-state index in [4.69, 9.17) is 27.6 Å². The Morgan fingerprint density at radius 3 is 2.79 bits per heavy atom. The number of nitrogens with zero attached hydrogens (tertiary/aromatic N) is 2. The number of thiazole rings is 1. The Labute approximate surface area is 175 Å². The highest BCUT2D eigenvalue weighted by molar-refractivity contribution is 7.22. The molecule has 0 saturated carbocycles. The van der Waals surface area contributed by atoms with Gasteiger partial charge in [0.25, 0.3) is 5.91 Å². The van der Waals surface area contributed by atoms with Crippen molar-refractivity contribution in [2.75, 3.05) is 4.90 Å². The van der Waals surface area contributed by atoms with Crippen molar-refractivity contribution in [3.05, 3.63) is 88.3 Å². The average Bonchev–Trinajstić information content (AvgIpc) is 3.34. The Morgan fingerprint density at radius 2 is 2.00 bits per heavy atom. The lowest BCUT2D eigenvalue weighted by Gasteiger charge is -2.16. The molecule has 0 spiro atoms. The molecule has 4 nitrogen and oxygen atoms in total. The summed E-state index contributed by atoms with van der Waals surface area (Å²) in [4.78, 5) is 19.2. The molecule has 28 heavy (non-hydrogen) atoms. The maximum Gasteiger partial charge on any atom is 0.253 e. The Kier molecular flexibility index (Phi) is 5.48. The van der Waals surface area contributed by atoms with E-state index in [2.05, 4.69) is 4.98 Å². The summed E-state index contributed by atoms with van der Waals surface area (Å²) >= 11 is 13.7. The van der Waals surface area contributed by atoms with E-state index in [-0.39, 0.29) is 12.5 Å². The van der Waals surface area contributed by atoms with Crippen LogP contribution in [-0.4, -0.2) is 10.9 Å². The Morgan fingerprint density at radius 1 is 1.14 bits per heavy atom. The maximum atomic E-state index is 13.0. The third kappa shape index (κ3) is 4.12. The monoisotopic (exact) mass is 428 g/mol. The molecule has 7 heteroatoms. The number of amides is 1. The fraction of sp³-hybridized carbons (Fsp3) is 0.0476. The lowest BCUT2D eigenvalue weighted by atomic mass is 10.2. The van der Waals surface area contributed by atoms with E-state index in [1.807, 2.05) is 36.4 Å². The van der Waals surface area contributed by atoms with Gasteiger partial charge >= 0.3 is 0 Å². The summed E-state index contributed by atoms with van der Waals surface area (Å²) in [5.74, 6) is 0.443. The molecule has 4 rings (SSSR count). The van der Waals surface area contributed by atoms with Crippen LogP contribution in [0.4, 0.5) is 5.13 Å². The third-order valence-electron chi connectivity index (χ3n) is 4.04. The van der Waals surface area contributed by atoms with Crippen molar-refractivity contribution >= 4 is 61.9 Å². The molecule has 0 atom stereocenters. The topological polar surface area (TPSA) is 46.3 Å². The SMILES string of the molecule is O=C(/C=C/c1ccccc1Cl)N(Cc1ccco1)c1nc2ccc(Cl)cc2s1. The quantitative estimate of drug-likeness (QED) is 0.343. The molecule has 2 aromatic carbocycles. The molecular formula is C21H14Cl2N2O2S. The zero-order valence-corrected chi connectivity index (χ0v) is 16.8. The van der Waals surface area contributed by atoms with Crippen molar-refractivity contribution in [3.8, 4) is 0 Å². The molecule has 0 saturated heterocycles. The van der Waals surface area contributed by atoms with E-state index in [0.29, 0.717) is 20.9 Å². The summed E-state index contributed by atoms with van der Waals surface area (Å²) in [6, 6.07) is 16.4. The fourth-order valence-electron chi connectivity index (χ4n) is 2.66. The predicted octanol–water partition coefficient (Wildman–Crippen LogP) is 6.44. The van der Waals surface area contributed by atoms with Crippen molar-refractivity contribution in [2.24, 2.45) is 0 Å². The summed E-state index contributed by atoms with van der Waals surface area (Å²) in [5, 5.41) is 1.78. The molecule has 0 unspecified atom stereocenters. The number of hydrogen-bond donors (Lipinski definition) is 0. The molecule has 0 bridgehead atoms. The molecule has 140 valence electrons. The first kappa shape index (κ1) is 18.7. The Bertz CT molecular complexity index is 1150. The van der Waals surface area contributed by atoms with Crippen molar-refractivity contribution in [3.63, 3.8) is 0 Å². The number of aromatic nitrogens is 1. The van der Waals surface area contributed by atoms with Crippen LogP contribution >= 0.6 is 34.5 Å². The van der Waals surface area contributed by atoms with Gasteiger partial charge in [-0.25, -0.2) is 4.98 Å². The van der Waals surface area contributed by atoms with Gasteiger partial charge in [0.2, 0.25) is 0 Å². The molecule has 0 N–H and O–H groups in total. The van der Waals surface area contributed by atoms with E-state index < -0.39 is 0 Å². The standard InChI is InChI=1S/C21H14Cl2N2O2S/c22-15-8-9-18-19(12-15)28-21(24-18)25(13-16-5-3-11-27-16)20(26)10-7-14-4-1-2-6-17(14)23/h1-12H,13H2/b10-7+. The highest BCUT2D eigenvalue weighted by Crippen LogP contribution is 2.32. The first-order valence-electron chi connectivity index (χ1n) is 8.43. The van der Waals surface area contributed by atoms with Crippen LogP contribution in [-0.2, 0) is 11.3 Å². The lowest BCUT2D eigenvalue weighted by Crippen LogP contribution is -2.28. The Balaban J connectivity index is 1.68. The predicted molar refractivity (Wildman–Crippen MR) is 115 cm³/mol. The van der Waals surface area contributed by atoms with E-state index >= 15 is 0 Å². The van der Waals surface area contributed by atoms with Gasteiger partial charge in [-0.1, -0.05) is 52.7 Å². The Hall–Kier alpha value is -2.60. The maximum absolute atomic E-state index is 13.0.